The lowest BCUT2D eigenvalue weighted by Gasteiger charge is -2.39. The van der Waals surface area contributed by atoms with Crippen LogP contribution in [0.5, 0.6) is 0 Å². The Morgan fingerprint density at radius 3 is 1.12 bits per heavy atom. The Bertz CT molecular complexity index is 1300. The van der Waals surface area contributed by atoms with Crippen LogP contribution < -0.4 is 0 Å². The van der Waals surface area contributed by atoms with Crippen LogP contribution in [0.1, 0.15) is 46.6 Å². The molecule has 56 heavy (non-hydrogen) atoms. The quantitative estimate of drug-likeness (QED) is 0.0778. The van der Waals surface area contributed by atoms with Crippen molar-refractivity contribution in [3.63, 3.8) is 0 Å². The number of benzene rings is 1. The molecular weight excluding hydrogens is 880 g/mol. The first-order valence-electron chi connectivity index (χ1n) is 15.0. The van der Waals surface area contributed by atoms with Crippen molar-refractivity contribution in [3.8, 4) is 0 Å². The highest BCUT2D eigenvalue weighted by atomic mass is 32.3. The van der Waals surface area contributed by atoms with Crippen LogP contribution in [0.25, 0.3) is 0 Å². The summed E-state index contributed by atoms with van der Waals surface area (Å²) in [6, 6.07) is 0. The van der Waals surface area contributed by atoms with Gasteiger partial charge in [0.2, 0.25) is 0 Å². The summed E-state index contributed by atoms with van der Waals surface area (Å²) in [5, 5.41) is 0. The molecule has 0 saturated carbocycles. The van der Waals surface area contributed by atoms with E-state index >= 15 is 0 Å². The van der Waals surface area contributed by atoms with Crippen LogP contribution in [-0.4, -0.2) is 89.5 Å². The lowest BCUT2D eigenvalue weighted by Crippen LogP contribution is -2.70. The van der Waals surface area contributed by atoms with Gasteiger partial charge in [-0.2, -0.15) is 70.2 Å². The minimum Gasteiger partial charge on any atom is -0.315 e. The summed E-state index contributed by atoms with van der Waals surface area (Å²) in [4.78, 5) is -1.48. The number of halogens is 20. The van der Waals surface area contributed by atoms with Crippen molar-refractivity contribution in [2.24, 2.45) is 0 Å². The molecule has 0 N–H and O–H groups in total. The number of alkyl halides is 16. The van der Waals surface area contributed by atoms with Crippen LogP contribution >= 0.6 is 21.7 Å². The molecule has 7 nitrogen and oxygen atoms in total. The van der Waals surface area contributed by atoms with Crippen LogP contribution in [0.3, 0.4) is 0 Å². The Labute approximate surface area is 310 Å². The molecule has 0 aliphatic carbocycles. The van der Waals surface area contributed by atoms with Crippen molar-refractivity contribution in [2.45, 2.75) is 88.1 Å². The predicted molar refractivity (Wildman–Crippen MR) is 158 cm³/mol. The predicted octanol–water partition coefficient (Wildman–Crippen LogP) is 11.9. The van der Waals surface area contributed by atoms with Gasteiger partial charge < -0.3 is 4.74 Å². The van der Waals surface area contributed by atoms with Gasteiger partial charge in [0.1, 0.15) is 21.3 Å². The van der Waals surface area contributed by atoms with E-state index in [4.69, 9.17) is 25.1 Å². The summed E-state index contributed by atoms with van der Waals surface area (Å²) in [5.41, 5.74) is -2.67. The van der Waals surface area contributed by atoms with Gasteiger partial charge in [0.15, 0.2) is 23.3 Å². The first-order valence-corrected chi connectivity index (χ1v) is 18.0. The van der Waals surface area contributed by atoms with E-state index < -0.39 is 116 Å². The molecule has 0 amide bonds. The van der Waals surface area contributed by atoms with E-state index in [0.717, 1.165) is 21.3 Å². The van der Waals surface area contributed by atoms with Crippen molar-refractivity contribution in [1.82, 2.24) is 0 Å². The molecule has 1 rings (SSSR count). The molecule has 338 valence electrons. The summed E-state index contributed by atoms with van der Waals surface area (Å²) in [7, 11) is -3.58. The molecule has 0 heterocycles. The molecule has 0 saturated heterocycles. The Kier molecular flexibility index (Phi) is 21.1. The van der Waals surface area contributed by atoms with Crippen LogP contribution in [0.2, 0.25) is 0 Å². The third-order valence-electron chi connectivity index (χ3n) is 6.06. The van der Waals surface area contributed by atoms with Gasteiger partial charge >= 0.3 is 42.2 Å². The molecule has 1 aromatic rings. The number of ether oxygens (including phenoxy) is 1. The second kappa shape index (κ2) is 21.0. The maximum Gasteiger partial charge on any atom is 0.460 e. The summed E-state index contributed by atoms with van der Waals surface area (Å²) >= 11 is 0. The lowest BCUT2D eigenvalue weighted by atomic mass is 9.97. The molecule has 0 fully saturated rings. The van der Waals surface area contributed by atoms with E-state index in [1.54, 1.807) is 0 Å². The molecule has 0 bridgehead atoms. The molecule has 0 unspecified atom stereocenters. The van der Waals surface area contributed by atoms with E-state index in [1.165, 1.54) is 20.8 Å². The third-order valence-corrected chi connectivity index (χ3v) is 10.9. The van der Waals surface area contributed by atoms with Gasteiger partial charge in [-0.1, -0.05) is 13.8 Å². The Balaban J connectivity index is 0. The van der Waals surface area contributed by atoms with Crippen molar-refractivity contribution in [1.29, 1.82) is 0 Å². The van der Waals surface area contributed by atoms with Crippen molar-refractivity contribution >= 4 is 21.7 Å². The fraction of sp³-hybridized carbons (Fsp3) is 0.778. The molecule has 29 heteroatoms. The van der Waals surface area contributed by atoms with E-state index in [9.17, 15) is 87.8 Å². The van der Waals surface area contributed by atoms with E-state index in [-0.39, 0.29) is 19.8 Å². The highest BCUT2D eigenvalue weighted by molar-refractivity contribution is 8.22. The van der Waals surface area contributed by atoms with Crippen LogP contribution in [0.4, 0.5) is 87.8 Å². The molecule has 0 atom stereocenters. The molecular formula is C27H36F20O7S2. The molecule has 0 radical (unpaired) electrons. The fourth-order valence-corrected chi connectivity index (χ4v) is 7.05. The van der Waals surface area contributed by atoms with Gasteiger partial charge in [-0.3, -0.25) is 25.1 Å². The third kappa shape index (κ3) is 11.5. The minimum absolute atomic E-state index is 0.238. The largest absolute Gasteiger partial charge is 0.460 e. The zero-order valence-corrected chi connectivity index (χ0v) is 31.6. The summed E-state index contributed by atoms with van der Waals surface area (Å²) < 4.78 is 294. The summed E-state index contributed by atoms with van der Waals surface area (Å²) in [6.07, 6.45) is -20.4. The Morgan fingerprint density at radius 2 is 0.839 bits per heavy atom. The van der Waals surface area contributed by atoms with Gasteiger partial charge in [-0.05, 0) is 27.2 Å². The zero-order valence-electron chi connectivity index (χ0n) is 30.0. The molecule has 0 spiro atoms. The smallest absolute Gasteiger partial charge is 0.315 e. The molecule has 0 aromatic heterocycles. The van der Waals surface area contributed by atoms with Gasteiger partial charge in [0.05, 0.1) is 58.6 Å². The van der Waals surface area contributed by atoms with Crippen LogP contribution in [0, 0.1) is 23.3 Å². The second-order valence-corrected chi connectivity index (χ2v) is 14.0. The normalized spacial score (nSPS) is 14.5. The minimum atomic E-state index is -7.96. The standard InChI is InChI=1S/C13H15F7O3S.C12H15F13O4S.C2H6/c1-4-21-24(22-5-2,23-6-3)12-10(16)8(14)7(13(18,19)20)9(15)11(12)17;1-26-30(27-2,28-3)6-4-5-29-12(24,25)10(19,20)8(15,16)7(13,14)9(17,18)11(21,22)23;1-2/h4-6H2,1-3H3;4-6H2,1-3H3;1-2H3. The molecule has 0 aliphatic rings. The first-order chi connectivity index (χ1) is 25.2. The first kappa shape index (κ1) is 56.3. The maximum atomic E-state index is 14.2. The van der Waals surface area contributed by atoms with Crippen molar-refractivity contribution < 1.29 is 118 Å². The number of rotatable bonds is 19. The molecule has 0 aliphatic heterocycles. The zero-order chi connectivity index (χ0) is 45.2. The summed E-state index contributed by atoms with van der Waals surface area (Å²) in [5.74, 6) is -41.3. The topological polar surface area (TPSA) is 64.6 Å². The lowest BCUT2D eigenvalue weighted by molar-refractivity contribution is -0.465. The van der Waals surface area contributed by atoms with E-state index in [0.29, 0.717) is 0 Å². The average Bonchev–Trinajstić information content (AvgIpc) is 3.08. The average molecular weight is 917 g/mol. The SMILES string of the molecule is CC.CCOS(OCC)(OCC)c1c(F)c(F)c(C(F)(F)F)c(F)c1F.COS(CCCOC(F)(F)C(F)(F)C(F)(F)C(F)(F)C(F)(F)C(F)(F)F)(OC)OC. The highest BCUT2D eigenvalue weighted by Gasteiger charge is 2.91. The molecule has 1 aromatic carbocycles. The van der Waals surface area contributed by atoms with Gasteiger partial charge in [-0.15, -0.1) is 0 Å². The monoisotopic (exact) mass is 916 g/mol. The van der Waals surface area contributed by atoms with Gasteiger partial charge in [0.25, 0.3) is 0 Å². The van der Waals surface area contributed by atoms with Crippen molar-refractivity contribution in [2.75, 3.05) is 53.5 Å². The van der Waals surface area contributed by atoms with Crippen molar-refractivity contribution in [3.05, 3.63) is 28.8 Å². The number of hydrogen-bond donors (Lipinski definition) is 0. The second-order valence-electron chi connectivity index (χ2n) is 9.41. The Hall–Kier alpha value is -1.76. The van der Waals surface area contributed by atoms with Gasteiger partial charge in [-0.25, -0.2) is 17.6 Å². The number of hydrogen-bond acceptors (Lipinski definition) is 7. The van der Waals surface area contributed by atoms with E-state index in [2.05, 4.69) is 4.74 Å². The van der Waals surface area contributed by atoms with Gasteiger partial charge in [0, 0.05) is 5.75 Å². The van der Waals surface area contributed by atoms with Crippen LogP contribution in [-0.2, 0) is 36.0 Å². The Morgan fingerprint density at radius 1 is 0.500 bits per heavy atom. The van der Waals surface area contributed by atoms with Crippen LogP contribution in [0.15, 0.2) is 4.90 Å². The highest BCUT2D eigenvalue weighted by Crippen LogP contribution is 2.62. The maximum absolute atomic E-state index is 14.2. The van der Waals surface area contributed by atoms with E-state index in [1.807, 2.05) is 13.8 Å². The summed E-state index contributed by atoms with van der Waals surface area (Å²) in [6.45, 7) is 5.85. The fourth-order valence-electron chi connectivity index (χ4n) is 3.56.